The van der Waals surface area contributed by atoms with E-state index in [9.17, 15) is 9.59 Å². The topological polar surface area (TPSA) is 76.7 Å². The molecule has 3 rings (SSSR count). The lowest BCUT2D eigenvalue weighted by Crippen LogP contribution is -2.30. The summed E-state index contributed by atoms with van der Waals surface area (Å²) in [5, 5.41) is 7.48. The van der Waals surface area contributed by atoms with Gasteiger partial charge in [-0.1, -0.05) is 24.3 Å². The minimum absolute atomic E-state index is 0.139. The molecule has 1 aromatic heterocycles. The third kappa shape index (κ3) is 5.07. The van der Waals surface area contributed by atoms with E-state index in [1.54, 1.807) is 24.3 Å². The molecule has 30 heavy (non-hydrogen) atoms. The Bertz CT molecular complexity index is 1070. The molecule has 1 heterocycles. The van der Waals surface area contributed by atoms with Crippen molar-refractivity contribution in [2.75, 3.05) is 19.5 Å². The molecule has 2 N–H and O–H groups in total. The number of nitrogens with one attached hydrogen (secondary N) is 2. The second kappa shape index (κ2) is 9.76. The Hall–Kier alpha value is -3.58. The molecule has 0 aliphatic heterocycles. The average Bonchev–Trinajstić information content (AvgIpc) is 3.27. The standard InChI is InChI=1S/C23H22N2O4S/c1-15-7-4-5-9-18(15)24-23(27)19(14-17-8-6-12-30-17)25-22(26)16-10-11-20(28-2)21(13-16)29-3/h4-14H,1-3H3,(H,24,27)(H,25,26)/b19-14-. The van der Waals surface area contributed by atoms with E-state index in [1.165, 1.54) is 25.6 Å². The third-order valence-corrected chi connectivity index (χ3v) is 5.18. The first-order chi connectivity index (χ1) is 14.5. The molecule has 0 bridgehead atoms. The van der Waals surface area contributed by atoms with Crippen LogP contribution in [0.3, 0.4) is 0 Å². The van der Waals surface area contributed by atoms with E-state index in [4.69, 9.17) is 9.47 Å². The number of anilines is 1. The van der Waals surface area contributed by atoms with Crippen molar-refractivity contribution < 1.29 is 19.1 Å². The number of aryl methyl sites for hydroxylation is 1. The van der Waals surface area contributed by atoms with Crippen LogP contribution in [0.2, 0.25) is 0 Å². The summed E-state index contributed by atoms with van der Waals surface area (Å²) in [5.74, 6) is 0.101. The molecule has 0 aliphatic carbocycles. The highest BCUT2D eigenvalue weighted by molar-refractivity contribution is 7.10. The van der Waals surface area contributed by atoms with Crippen LogP contribution in [0.4, 0.5) is 5.69 Å². The van der Waals surface area contributed by atoms with Crippen molar-refractivity contribution in [1.82, 2.24) is 5.32 Å². The summed E-state index contributed by atoms with van der Waals surface area (Å²) in [4.78, 5) is 26.6. The number of amides is 2. The van der Waals surface area contributed by atoms with E-state index < -0.39 is 11.8 Å². The predicted molar refractivity (Wildman–Crippen MR) is 119 cm³/mol. The lowest BCUT2D eigenvalue weighted by Gasteiger charge is -2.13. The Labute approximate surface area is 179 Å². The number of hydrogen-bond donors (Lipinski definition) is 2. The second-order valence-corrected chi connectivity index (χ2v) is 7.35. The number of thiophene rings is 1. The van der Waals surface area contributed by atoms with Gasteiger partial charge in [0.15, 0.2) is 11.5 Å². The van der Waals surface area contributed by atoms with Gasteiger partial charge in [0.25, 0.3) is 11.8 Å². The van der Waals surface area contributed by atoms with E-state index in [0.717, 1.165) is 10.4 Å². The maximum Gasteiger partial charge on any atom is 0.272 e. The Morgan fingerprint density at radius 2 is 1.73 bits per heavy atom. The number of ether oxygens (including phenoxy) is 2. The summed E-state index contributed by atoms with van der Waals surface area (Å²) in [6, 6.07) is 16.0. The number of carbonyl (C=O) groups excluding carboxylic acids is 2. The Balaban J connectivity index is 1.87. The molecular formula is C23H22N2O4S. The van der Waals surface area contributed by atoms with Crippen LogP contribution < -0.4 is 20.1 Å². The zero-order valence-corrected chi connectivity index (χ0v) is 17.7. The summed E-state index contributed by atoms with van der Waals surface area (Å²) in [6.45, 7) is 1.90. The number of rotatable bonds is 7. The fraction of sp³-hybridized carbons (Fsp3) is 0.130. The van der Waals surface area contributed by atoms with Gasteiger partial charge in [-0.3, -0.25) is 9.59 Å². The van der Waals surface area contributed by atoms with Crippen LogP contribution in [0.5, 0.6) is 11.5 Å². The first-order valence-electron chi connectivity index (χ1n) is 9.17. The van der Waals surface area contributed by atoms with Crippen molar-refractivity contribution in [1.29, 1.82) is 0 Å². The van der Waals surface area contributed by atoms with Gasteiger partial charge in [0.2, 0.25) is 0 Å². The Morgan fingerprint density at radius 3 is 2.40 bits per heavy atom. The van der Waals surface area contributed by atoms with Gasteiger partial charge in [0.05, 0.1) is 14.2 Å². The minimum atomic E-state index is -0.432. The third-order valence-electron chi connectivity index (χ3n) is 4.36. The molecule has 0 saturated heterocycles. The number of hydrogen-bond acceptors (Lipinski definition) is 5. The maximum atomic E-state index is 12.9. The molecule has 0 atom stereocenters. The Morgan fingerprint density at radius 1 is 0.967 bits per heavy atom. The van der Waals surface area contributed by atoms with E-state index in [1.807, 2.05) is 48.7 Å². The fourth-order valence-electron chi connectivity index (χ4n) is 2.75. The van der Waals surface area contributed by atoms with Crippen LogP contribution >= 0.6 is 11.3 Å². The molecular weight excluding hydrogens is 400 g/mol. The van der Waals surface area contributed by atoms with Gasteiger partial charge in [-0.15, -0.1) is 11.3 Å². The molecule has 154 valence electrons. The fourth-order valence-corrected chi connectivity index (χ4v) is 3.41. The van der Waals surface area contributed by atoms with Crippen molar-refractivity contribution in [3.05, 3.63) is 81.7 Å². The van der Waals surface area contributed by atoms with E-state index in [2.05, 4.69) is 10.6 Å². The highest BCUT2D eigenvalue weighted by Gasteiger charge is 2.17. The largest absolute Gasteiger partial charge is 0.493 e. The molecule has 0 radical (unpaired) electrons. The summed E-state index contributed by atoms with van der Waals surface area (Å²) in [6.07, 6.45) is 1.65. The molecule has 0 aliphatic rings. The van der Waals surface area contributed by atoms with Gasteiger partial charge in [0, 0.05) is 16.1 Å². The number of carbonyl (C=O) groups is 2. The zero-order chi connectivity index (χ0) is 21.5. The highest BCUT2D eigenvalue weighted by Crippen LogP contribution is 2.27. The summed E-state index contributed by atoms with van der Waals surface area (Å²) in [5.41, 5.74) is 2.08. The maximum absolute atomic E-state index is 12.9. The van der Waals surface area contributed by atoms with Crippen molar-refractivity contribution in [3.8, 4) is 11.5 Å². The monoisotopic (exact) mass is 422 g/mol. The summed E-state index contributed by atoms with van der Waals surface area (Å²) in [7, 11) is 3.02. The molecule has 3 aromatic rings. The lowest BCUT2D eigenvalue weighted by molar-refractivity contribution is -0.113. The predicted octanol–water partition coefficient (Wildman–Crippen LogP) is 4.48. The molecule has 7 heteroatoms. The summed E-state index contributed by atoms with van der Waals surface area (Å²) >= 11 is 1.47. The van der Waals surface area contributed by atoms with Gasteiger partial charge in [0.1, 0.15) is 5.70 Å². The van der Waals surface area contributed by atoms with Crippen LogP contribution in [-0.4, -0.2) is 26.0 Å². The zero-order valence-electron chi connectivity index (χ0n) is 16.9. The normalized spacial score (nSPS) is 11.0. The van der Waals surface area contributed by atoms with E-state index >= 15 is 0 Å². The van der Waals surface area contributed by atoms with Gasteiger partial charge < -0.3 is 20.1 Å². The molecule has 2 amide bonds. The molecule has 6 nitrogen and oxygen atoms in total. The van der Waals surface area contributed by atoms with Crippen molar-refractivity contribution in [2.45, 2.75) is 6.92 Å². The molecule has 0 unspecified atom stereocenters. The SMILES string of the molecule is COc1ccc(C(=O)N/C(=C\c2cccs2)C(=O)Nc2ccccc2C)cc1OC. The average molecular weight is 423 g/mol. The lowest BCUT2D eigenvalue weighted by atomic mass is 10.1. The first kappa shape index (κ1) is 21.1. The van der Waals surface area contributed by atoms with Crippen molar-refractivity contribution >= 4 is 34.9 Å². The van der Waals surface area contributed by atoms with Gasteiger partial charge >= 0.3 is 0 Å². The molecule has 0 saturated carbocycles. The van der Waals surface area contributed by atoms with Crippen LogP contribution in [0, 0.1) is 6.92 Å². The van der Waals surface area contributed by atoms with E-state index in [-0.39, 0.29) is 5.70 Å². The van der Waals surface area contributed by atoms with Crippen LogP contribution in [0.25, 0.3) is 6.08 Å². The first-order valence-corrected chi connectivity index (χ1v) is 10.1. The molecule has 0 fully saturated rings. The number of benzene rings is 2. The van der Waals surface area contributed by atoms with Crippen LogP contribution in [0.15, 0.2) is 65.7 Å². The minimum Gasteiger partial charge on any atom is -0.493 e. The van der Waals surface area contributed by atoms with Crippen molar-refractivity contribution in [2.24, 2.45) is 0 Å². The van der Waals surface area contributed by atoms with E-state index in [0.29, 0.717) is 22.7 Å². The van der Waals surface area contributed by atoms with Crippen molar-refractivity contribution in [3.63, 3.8) is 0 Å². The highest BCUT2D eigenvalue weighted by atomic mass is 32.1. The molecule has 2 aromatic carbocycles. The number of para-hydroxylation sites is 1. The van der Waals surface area contributed by atoms with Gasteiger partial charge in [-0.2, -0.15) is 0 Å². The quantitative estimate of drug-likeness (QED) is 0.550. The van der Waals surface area contributed by atoms with Gasteiger partial charge in [-0.25, -0.2) is 0 Å². The Kier molecular flexibility index (Phi) is 6.87. The number of methoxy groups -OCH3 is 2. The summed E-state index contributed by atoms with van der Waals surface area (Å²) < 4.78 is 10.5. The van der Waals surface area contributed by atoms with Gasteiger partial charge in [-0.05, 0) is 54.3 Å². The molecule has 0 spiro atoms. The second-order valence-electron chi connectivity index (χ2n) is 6.37. The smallest absolute Gasteiger partial charge is 0.272 e. The van der Waals surface area contributed by atoms with Crippen LogP contribution in [0.1, 0.15) is 20.8 Å². The van der Waals surface area contributed by atoms with Crippen LogP contribution in [-0.2, 0) is 4.79 Å².